The van der Waals surface area contributed by atoms with Crippen molar-refractivity contribution < 1.29 is 25.2 Å². The molecule has 1 saturated heterocycles. The molecule has 0 radical (unpaired) electrons. The molecule has 1 aliphatic rings. The fraction of sp³-hybridized carbons (Fsp3) is 1.00. The van der Waals surface area contributed by atoms with Crippen LogP contribution in [0.15, 0.2) is 0 Å². The Balaban J connectivity index is 2.69. The van der Waals surface area contributed by atoms with Gasteiger partial charge in [-0.3, -0.25) is 0 Å². The molecule has 1 heterocycles. The summed E-state index contributed by atoms with van der Waals surface area (Å²) < 4.78 is 4.97. The van der Waals surface area contributed by atoms with E-state index in [-0.39, 0.29) is 6.42 Å². The lowest BCUT2D eigenvalue weighted by Crippen LogP contribution is -2.42. The first kappa shape index (κ1) is 10.9. The molecule has 0 saturated carbocycles. The zero-order valence-electron chi connectivity index (χ0n) is 7.55. The van der Waals surface area contributed by atoms with Crippen LogP contribution in [-0.2, 0) is 4.74 Å². The Morgan fingerprint density at radius 2 is 2.00 bits per heavy atom. The van der Waals surface area contributed by atoms with Crippen molar-refractivity contribution in [2.24, 2.45) is 0 Å². The predicted molar refractivity (Wildman–Crippen MR) is 43.8 cm³/mol. The Labute approximate surface area is 76.6 Å². The van der Waals surface area contributed by atoms with Crippen LogP contribution in [0.3, 0.4) is 0 Å². The normalized spacial score (nSPS) is 45.5. The molecule has 13 heavy (non-hydrogen) atoms. The van der Waals surface area contributed by atoms with Crippen molar-refractivity contribution in [2.45, 2.75) is 43.9 Å². The highest BCUT2D eigenvalue weighted by Gasteiger charge is 2.52. The van der Waals surface area contributed by atoms with Gasteiger partial charge in [-0.15, -0.1) is 0 Å². The van der Waals surface area contributed by atoms with Crippen LogP contribution in [0.4, 0.5) is 0 Å². The van der Waals surface area contributed by atoms with Crippen molar-refractivity contribution in [2.75, 3.05) is 6.61 Å². The molecule has 1 fully saturated rings. The molecular weight excluding hydrogens is 176 g/mol. The maximum absolute atomic E-state index is 9.69. The van der Waals surface area contributed by atoms with Crippen LogP contribution in [0, 0.1) is 0 Å². The van der Waals surface area contributed by atoms with Gasteiger partial charge in [-0.05, 0) is 0 Å². The lowest BCUT2D eigenvalue weighted by molar-refractivity contribution is -0.234. The minimum atomic E-state index is -1.71. The second kappa shape index (κ2) is 3.89. The van der Waals surface area contributed by atoms with Gasteiger partial charge in [0, 0.05) is 6.42 Å². The molecule has 0 aromatic heterocycles. The van der Waals surface area contributed by atoms with E-state index in [0.29, 0.717) is 6.42 Å². The summed E-state index contributed by atoms with van der Waals surface area (Å²) in [4.78, 5) is 0. The SMILES string of the molecule is CCC[C@]1(O)O[C@H](CO)[C@H](O)[C@H]1O. The van der Waals surface area contributed by atoms with Crippen LogP contribution < -0.4 is 0 Å². The molecule has 0 aliphatic carbocycles. The second-order valence-corrected chi connectivity index (χ2v) is 3.37. The molecule has 1 rings (SSSR count). The molecule has 4 atom stereocenters. The van der Waals surface area contributed by atoms with E-state index in [1.54, 1.807) is 0 Å². The average molecular weight is 192 g/mol. The molecule has 5 nitrogen and oxygen atoms in total. The molecule has 5 heteroatoms. The first-order valence-electron chi connectivity index (χ1n) is 4.42. The zero-order valence-corrected chi connectivity index (χ0v) is 7.55. The number of aliphatic hydroxyl groups excluding tert-OH is 3. The van der Waals surface area contributed by atoms with Crippen LogP contribution in [-0.4, -0.2) is 51.1 Å². The second-order valence-electron chi connectivity index (χ2n) is 3.37. The van der Waals surface area contributed by atoms with Gasteiger partial charge < -0.3 is 25.2 Å². The Kier molecular flexibility index (Phi) is 3.26. The Morgan fingerprint density at radius 1 is 1.38 bits per heavy atom. The summed E-state index contributed by atoms with van der Waals surface area (Å²) >= 11 is 0. The molecule has 4 N–H and O–H groups in total. The monoisotopic (exact) mass is 192 g/mol. The Morgan fingerprint density at radius 3 is 2.38 bits per heavy atom. The fourth-order valence-corrected chi connectivity index (χ4v) is 1.58. The number of aliphatic hydroxyl groups is 4. The smallest absolute Gasteiger partial charge is 0.195 e. The van der Waals surface area contributed by atoms with E-state index in [9.17, 15) is 15.3 Å². The molecule has 0 amide bonds. The maximum Gasteiger partial charge on any atom is 0.195 e. The molecule has 0 spiro atoms. The summed E-state index contributed by atoms with van der Waals surface area (Å²) in [5, 5.41) is 37.2. The predicted octanol–water partition coefficient (Wildman–Crippen LogP) is -1.41. The van der Waals surface area contributed by atoms with Gasteiger partial charge in [0.1, 0.15) is 18.3 Å². The van der Waals surface area contributed by atoms with E-state index in [0.717, 1.165) is 0 Å². The van der Waals surface area contributed by atoms with Gasteiger partial charge in [-0.1, -0.05) is 13.3 Å². The lowest BCUT2D eigenvalue weighted by atomic mass is 10.0. The van der Waals surface area contributed by atoms with Crippen LogP contribution in [0.5, 0.6) is 0 Å². The van der Waals surface area contributed by atoms with Gasteiger partial charge in [0.05, 0.1) is 6.61 Å². The van der Waals surface area contributed by atoms with Gasteiger partial charge in [-0.25, -0.2) is 0 Å². The first-order chi connectivity index (χ1) is 6.05. The molecule has 0 unspecified atom stereocenters. The van der Waals surface area contributed by atoms with Crippen LogP contribution in [0.1, 0.15) is 19.8 Å². The van der Waals surface area contributed by atoms with Crippen LogP contribution in [0.25, 0.3) is 0 Å². The zero-order chi connectivity index (χ0) is 10.1. The Bertz CT molecular complexity index is 174. The van der Waals surface area contributed by atoms with E-state index >= 15 is 0 Å². The van der Waals surface area contributed by atoms with Crippen molar-refractivity contribution in [1.29, 1.82) is 0 Å². The van der Waals surface area contributed by atoms with Crippen LogP contribution in [0.2, 0.25) is 0 Å². The topological polar surface area (TPSA) is 90.2 Å². The summed E-state index contributed by atoms with van der Waals surface area (Å²) in [6.45, 7) is 1.41. The van der Waals surface area contributed by atoms with Gasteiger partial charge in [0.15, 0.2) is 5.79 Å². The van der Waals surface area contributed by atoms with Gasteiger partial charge in [0.25, 0.3) is 0 Å². The average Bonchev–Trinajstić information content (AvgIpc) is 2.31. The van der Waals surface area contributed by atoms with E-state index in [1.165, 1.54) is 0 Å². The summed E-state index contributed by atoms with van der Waals surface area (Å²) in [6.07, 6.45) is -2.60. The van der Waals surface area contributed by atoms with Crippen LogP contribution >= 0.6 is 0 Å². The van der Waals surface area contributed by atoms with E-state index in [4.69, 9.17) is 9.84 Å². The Hall–Kier alpha value is -0.200. The number of hydrogen-bond donors (Lipinski definition) is 4. The lowest BCUT2D eigenvalue weighted by Gasteiger charge is -2.25. The van der Waals surface area contributed by atoms with Gasteiger partial charge >= 0.3 is 0 Å². The molecule has 0 bridgehead atoms. The summed E-state index contributed by atoms with van der Waals surface area (Å²) in [6, 6.07) is 0. The minimum Gasteiger partial charge on any atom is -0.394 e. The minimum absolute atomic E-state index is 0.238. The fourth-order valence-electron chi connectivity index (χ4n) is 1.58. The third kappa shape index (κ3) is 1.84. The maximum atomic E-state index is 9.69. The third-order valence-electron chi connectivity index (χ3n) is 2.31. The molecule has 0 aromatic rings. The highest BCUT2D eigenvalue weighted by Crippen LogP contribution is 2.32. The van der Waals surface area contributed by atoms with Gasteiger partial charge in [0.2, 0.25) is 0 Å². The van der Waals surface area contributed by atoms with Crippen molar-refractivity contribution >= 4 is 0 Å². The quantitative estimate of drug-likeness (QED) is 0.441. The highest BCUT2D eigenvalue weighted by atomic mass is 16.7. The van der Waals surface area contributed by atoms with E-state index in [2.05, 4.69) is 0 Å². The number of ether oxygens (including phenoxy) is 1. The first-order valence-corrected chi connectivity index (χ1v) is 4.42. The van der Waals surface area contributed by atoms with Crippen molar-refractivity contribution in [3.05, 3.63) is 0 Å². The van der Waals surface area contributed by atoms with E-state index in [1.807, 2.05) is 6.92 Å². The standard InChI is InChI=1S/C8H16O5/c1-2-3-8(12)7(11)6(10)5(4-9)13-8/h5-7,9-12H,2-4H2,1H3/t5-,6+,7-,8+/m1/s1. The van der Waals surface area contributed by atoms with Crippen molar-refractivity contribution in [1.82, 2.24) is 0 Å². The van der Waals surface area contributed by atoms with Crippen molar-refractivity contribution in [3.8, 4) is 0 Å². The largest absolute Gasteiger partial charge is 0.394 e. The van der Waals surface area contributed by atoms with Gasteiger partial charge in [-0.2, -0.15) is 0 Å². The molecule has 1 aliphatic heterocycles. The summed E-state index contributed by atoms with van der Waals surface area (Å²) in [5.41, 5.74) is 0. The summed E-state index contributed by atoms with van der Waals surface area (Å²) in [5.74, 6) is -1.71. The molecule has 0 aromatic carbocycles. The molecular formula is C8H16O5. The molecule has 78 valence electrons. The number of hydrogen-bond acceptors (Lipinski definition) is 5. The van der Waals surface area contributed by atoms with Crippen molar-refractivity contribution in [3.63, 3.8) is 0 Å². The van der Waals surface area contributed by atoms with E-state index < -0.39 is 30.7 Å². The number of rotatable bonds is 3. The summed E-state index contributed by atoms with van der Waals surface area (Å²) in [7, 11) is 0. The highest BCUT2D eigenvalue weighted by molar-refractivity contribution is 4.94. The third-order valence-corrected chi connectivity index (χ3v) is 2.31.